The van der Waals surface area contributed by atoms with Crippen molar-refractivity contribution in [2.75, 3.05) is 0 Å². The standard InChI is InChI=1S/C15H18N4O2/c1-15(2,3)13-8-12(17-18-13)14(21)19-16-9-10-5-4-6-11(20)7-10/h4-9,20H,1-3H3,(H,17,18)(H,19,21)/b16-9-. The molecule has 0 unspecified atom stereocenters. The summed E-state index contributed by atoms with van der Waals surface area (Å²) in [6, 6.07) is 8.28. The van der Waals surface area contributed by atoms with E-state index < -0.39 is 5.91 Å². The van der Waals surface area contributed by atoms with Gasteiger partial charge in [0.25, 0.3) is 5.91 Å². The first-order chi connectivity index (χ1) is 9.86. The Morgan fingerprint density at radius 1 is 1.38 bits per heavy atom. The van der Waals surface area contributed by atoms with Crippen LogP contribution in [0.1, 0.15) is 42.5 Å². The molecule has 0 fully saturated rings. The first-order valence-electron chi connectivity index (χ1n) is 6.54. The van der Waals surface area contributed by atoms with Gasteiger partial charge in [0.2, 0.25) is 0 Å². The highest BCUT2D eigenvalue weighted by Crippen LogP contribution is 2.20. The molecule has 2 rings (SSSR count). The van der Waals surface area contributed by atoms with Gasteiger partial charge in [0.1, 0.15) is 5.75 Å². The van der Waals surface area contributed by atoms with Crippen molar-refractivity contribution in [3.63, 3.8) is 0 Å². The van der Waals surface area contributed by atoms with E-state index in [1.165, 1.54) is 6.21 Å². The number of hydrogen-bond acceptors (Lipinski definition) is 4. The molecule has 0 spiro atoms. The van der Waals surface area contributed by atoms with Crippen molar-refractivity contribution in [2.24, 2.45) is 5.10 Å². The zero-order valence-electron chi connectivity index (χ0n) is 12.2. The molecule has 1 aromatic carbocycles. The minimum atomic E-state index is -0.391. The van der Waals surface area contributed by atoms with Crippen LogP contribution in [0.25, 0.3) is 0 Å². The Morgan fingerprint density at radius 3 is 2.76 bits per heavy atom. The Morgan fingerprint density at radius 2 is 2.14 bits per heavy atom. The average Bonchev–Trinajstić information content (AvgIpc) is 2.88. The van der Waals surface area contributed by atoms with Crippen LogP contribution in [0.3, 0.4) is 0 Å². The molecule has 110 valence electrons. The topological polar surface area (TPSA) is 90.4 Å². The van der Waals surface area contributed by atoms with Gasteiger partial charge in [-0.1, -0.05) is 32.9 Å². The molecule has 1 heterocycles. The number of rotatable bonds is 3. The molecule has 3 N–H and O–H groups in total. The predicted octanol–water partition coefficient (Wildman–Crippen LogP) is 2.18. The van der Waals surface area contributed by atoms with Crippen LogP contribution in [0.2, 0.25) is 0 Å². The van der Waals surface area contributed by atoms with Gasteiger partial charge in [-0.25, -0.2) is 5.43 Å². The van der Waals surface area contributed by atoms with Crippen molar-refractivity contribution in [3.05, 3.63) is 47.3 Å². The largest absolute Gasteiger partial charge is 0.508 e. The lowest BCUT2D eigenvalue weighted by Gasteiger charge is -2.14. The van der Waals surface area contributed by atoms with E-state index in [-0.39, 0.29) is 16.9 Å². The molecular formula is C15H18N4O2. The quantitative estimate of drug-likeness (QED) is 0.596. The number of aromatic hydroxyl groups is 1. The summed E-state index contributed by atoms with van der Waals surface area (Å²) in [5.41, 5.74) is 4.15. The van der Waals surface area contributed by atoms with Crippen LogP contribution < -0.4 is 5.43 Å². The maximum atomic E-state index is 11.9. The second kappa shape index (κ2) is 5.78. The average molecular weight is 286 g/mol. The molecule has 21 heavy (non-hydrogen) atoms. The van der Waals surface area contributed by atoms with Crippen molar-refractivity contribution in [1.82, 2.24) is 15.6 Å². The van der Waals surface area contributed by atoms with Gasteiger partial charge in [-0.05, 0) is 23.8 Å². The molecule has 0 aliphatic rings. The molecule has 0 aliphatic carbocycles. The molecule has 0 aliphatic heterocycles. The van der Waals surface area contributed by atoms with Gasteiger partial charge >= 0.3 is 0 Å². The molecule has 0 atom stereocenters. The van der Waals surface area contributed by atoms with Crippen LogP contribution in [0, 0.1) is 0 Å². The Bertz CT molecular complexity index is 668. The third kappa shape index (κ3) is 3.92. The Labute approximate surface area is 122 Å². The van der Waals surface area contributed by atoms with Crippen molar-refractivity contribution >= 4 is 12.1 Å². The van der Waals surface area contributed by atoms with E-state index in [1.54, 1.807) is 30.3 Å². The van der Waals surface area contributed by atoms with Crippen LogP contribution in [-0.4, -0.2) is 27.4 Å². The zero-order chi connectivity index (χ0) is 15.5. The number of H-pyrrole nitrogens is 1. The number of phenolic OH excluding ortho intramolecular Hbond substituents is 1. The molecular weight excluding hydrogens is 268 g/mol. The SMILES string of the molecule is CC(C)(C)c1cc(C(=O)N/N=C\c2cccc(O)c2)n[nH]1. The van der Waals surface area contributed by atoms with Crippen molar-refractivity contribution in [3.8, 4) is 5.75 Å². The Hall–Kier alpha value is -2.63. The summed E-state index contributed by atoms with van der Waals surface area (Å²) < 4.78 is 0. The van der Waals surface area contributed by atoms with Gasteiger partial charge in [0, 0.05) is 11.1 Å². The van der Waals surface area contributed by atoms with Crippen molar-refractivity contribution < 1.29 is 9.90 Å². The molecule has 6 nitrogen and oxygen atoms in total. The van der Waals surface area contributed by atoms with Crippen LogP contribution >= 0.6 is 0 Å². The molecule has 0 radical (unpaired) electrons. The van der Waals surface area contributed by atoms with Crippen molar-refractivity contribution in [2.45, 2.75) is 26.2 Å². The van der Waals surface area contributed by atoms with Gasteiger partial charge < -0.3 is 5.11 Å². The fourth-order valence-electron chi connectivity index (χ4n) is 1.65. The number of aromatic amines is 1. The number of nitrogens with zero attached hydrogens (tertiary/aromatic N) is 2. The second-order valence-corrected chi connectivity index (χ2v) is 5.71. The lowest BCUT2D eigenvalue weighted by Crippen LogP contribution is -2.18. The number of carbonyl (C=O) groups excluding carboxylic acids is 1. The minimum Gasteiger partial charge on any atom is -0.508 e. The van der Waals surface area contributed by atoms with Crippen LogP contribution in [0.5, 0.6) is 5.75 Å². The van der Waals surface area contributed by atoms with E-state index in [1.807, 2.05) is 20.8 Å². The maximum absolute atomic E-state index is 11.9. The van der Waals surface area contributed by atoms with Crippen LogP contribution in [-0.2, 0) is 5.41 Å². The van der Waals surface area contributed by atoms with E-state index in [4.69, 9.17) is 0 Å². The molecule has 0 saturated heterocycles. The number of nitrogens with one attached hydrogen (secondary N) is 2. The van der Waals surface area contributed by atoms with Crippen molar-refractivity contribution in [1.29, 1.82) is 0 Å². The number of benzene rings is 1. The Balaban J connectivity index is 2.00. The third-order valence-corrected chi connectivity index (χ3v) is 2.87. The molecule has 1 aromatic heterocycles. The van der Waals surface area contributed by atoms with E-state index >= 15 is 0 Å². The molecule has 0 bridgehead atoms. The molecule has 2 aromatic rings. The van der Waals surface area contributed by atoms with Crippen LogP contribution in [0.4, 0.5) is 0 Å². The third-order valence-electron chi connectivity index (χ3n) is 2.87. The molecule has 0 saturated carbocycles. The monoisotopic (exact) mass is 286 g/mol. The fraction of sp³-hybridized carbons (Fsp3) is 0.267. The van der Waals surface area contributed by atoms with Gasteiger partial charge in [0.05, 0.1) is 6.21 Å². The summed E-state index contributed by atoms with van der Waals surface area (Å²) in [5.74, 6) is -0.245. The molecule has 6 heteroatoms. The van der Waals surface area contributed by atoms with E-state index in [9.17, 15) is 9.90 Å². The summed E-state index contributed by atoms with van der Waals surface area (Å²) in [6.07, 6.45) is 1.45. The highest BCUT2D eigenvalue weighted by Gasteiger charge is 2.18. The van der Waals surface area contributed by atoms with E-state index in [0.29, 0.717) is 5.56 Å². The first kappa shape index (κ1) is 14.8. The number of hydrazone groups is 1. The Kier molecular flexibility index (Phi) is 4.07. The predicted molar refractivity (Wildman–Crippen MR) is 80.5 cm³/mol. The van der Waals surface area contributed by atoms with E-state index in [2.05, 4.69) is 20.7 Å². The number of aromatic nitrogens is 2. The number of carbonyl (C=O) groups is 1. The number of phenols is 1. The van der Waals surface area contributed by atoms with Gasteiger partial charge in [-0.3, -0.25) is 9.89 Å². The lowest BCUT2D eigenvalue weighted by atomic mass is 9.92. The summed E-state index contributed by atoms with van der Waals surface area (Å²) in [5, 5.41) is 20.0. The zero-order valence-corrected chi connectivity index (χ0v) is 12.2. The van der Waals surface area contributed by atoms with Gasteiger partial charge in [-0.2, -0.15) is 10.2 Å². The highest BCUT2D eigenvalue weighted by molar-refractivity contribution is 5.93. The number of hydrogen-bond donors (Lipinski definition) is 3. The second-order valence-electron chi connectivity index (χ2n) is 5.71. The van der Waals surface area contributed by atoms with Gasteiger partial charge in [-0.15, -0.1) is 0 Å². The van der Waals surface area contributed by atoms with Crippen LogP contribution in [0.15, 0.2) is 35.4 Å². The fourth-order valence-corrected chi connectivity index (χ4v) is 1.65. The summed E-state index contributed by atoms with van der Waals surface area (Å²) in [4.78, 5) is 11.9. The summed E-state index contributed by atoms with van der Waals surface area (Å²) in [7, 11) is 0. The lowest BCUT2D eigenvalue weighted by molar-refractivity contribution is 0.0950. The first-order valence-corrected chi connectivity index (χ1v) is 6.54. The molecule has 1 amide bonds. The minimum absolute atomic E-state index is 0.101. The summed E-state index contributed by atoms with van der Waals surface area (Å²) >= 11 is 0. The highest BCUT2D eigenvalue weighted by atomic mass is 16.3. The summed E-state index contributed by atoms with van der Waals surface area (Å²) in [6.45, 7) is 6.09. The normalized spacial score (nSPS) is 11.8. The maximum Gasteiger partial charge on any atom is 0.291 e. The van der Waals surface area contributed by atoms with Gasteiger partial charge in [0.15, 0.2) is 5.69 Å². The smallest absolute Gasteiger partial charge is 0.291 e. The number of amides is 1. The van der Waals surface area contributed by atoms with E-state index in [0.717, 1.165) is 5.69 Å².